The maximum atomic E-state index is 12.9. The Morgan fingerprint density at radius 1 is 1.18 bits per heavy atom. The van der Waals surface area contributed by atoms with Gasteiger partial charge in [-0.05, 0) is 59.9 Å². The van der Waals surface area contributed by atoms with Crippen LogP contribution in [0, 0.1) is 11.3 Å². The molecule has 3 aromatic rings. The molecule has 8 heteroatoms. The Morgan fingerprint density at radius 2 is 2.00 bits per heavy atom. The lowest BCUT2D eigenvalue weighted by Gasteiger charge is -2.15. The number of aromatic nitrogens is 3. The molecule has 0 bridgehead atoms. The summed E-state index contributed by atoms with van der Waals surface area (Å²) in [4.78, 5) is 30.0. The molecular formula is C26H21N5O3. The summed E-state index contributed by atoms with van der Waals surface area (Å²) in [6.07, 6.45) is 9.42. The summed E-state index contributed by atoms with van der Waals surface area (Å²) in [5.41, 5.74) is 5.07. The SMILES string of the molecule is COC1=CC=C2CCC(NC(=O)c3ccc(-n4[nH]cc(-c5ccc(C#N)cc5)c4=O)nc3)=C2C1. The number of aromatic amines is 1. The van der Waals surface area contributed by atoms with E-state index in [0.717, 1.165) is 29.9 Å². The average molecular weight is 451 g/mol. The van der Waals surface area contributed by atoms with E-state index in [-0.39, 0.29) is 11.5 Å². The molecular weight excluding hydrogens is 430 g/mol. The molecule has 0 unspecified atom stereocenters. The molecule has 2 N–H and O–H groups in total. The Bertz CT molecular complexity index is 1460. The third kappa shape index (κ3) is 3.84. The van der Waals surface area contributed by atoms with Crippen molar-refractivity contribution in [1.29, 1.82) is 5.26 Å². The highest BCUT2D eigenvalue weighted by Gasteiger charge is 2.24. The van der Waals surface area contributed by atoms with E-state index in [0.29, 0.717) is 34.5 Å². The molecule has 1 aromatic carbocycles. The molecule has 0 saturated carbocycles. The van der Waals surface area contributed by atoms with Gasteiger partial charge in [0.15, 0.2) is 5.82 Å². The highest BCUT2D eigenvalue weighted by Crippen LogP contribution is 2.37. The minimum Gasteiger partial charge on any atom is -0.501 e. The van der Waals surface area contributed by atoms with Gasteiger partial charge in [-0.3, -0.25) is 14.7 Å². The second-order valence-electron chi connectivity index (χ2n) is 8.04. The van der Waals surface area contributed by atoms with Crippen LogP contribution in [0.3, 0.4) is 0 Å². The predicted octanol–water partition coefficient (Wildman–Crippen LogP) is 3.74. The number of amides is 1. The Labute approximate surface area is 195 Å². The molecule has 0 atom stereocenters. The van der Waals surface area contributed by atoms with E-state index >= 15 is 0 Å². The van der Waals surface area contributed by atoms with E-state index < -0.39 is 0 Å². The van der Waals surface area contributed by atoms with E-state index in [1.165, 1.54) is 16.5 Å². The van der Waals surface area contributed by atoms with Crippen LogP contribution in [0.4, 0.5) is 0 Å². The van der Waals surface area contributed by atoms with Crippen LogP contribution in [-0.2, 0) is 4.74 Å². The summed E-state index contributed by atoms with van der Waals surface area (Å²) in [6.45, 7) is 0. The van der Waals surface area contributed by atoms with Crippen LogP contribution in [0.1, 0.15) is 35.2 Å². The number of allylic oxidation sites excluding steroid dienone is 5. The lowest BCUT2D eigenvalue weighted by atomic mass is 9.99. The van der Waals surface area contributed by atoms with Crippen LogP contribution in [0.15, 0.2) is 88.3 Å². The fourth-order valence-electron chi connectivity index (χ4n) is 4.20. The summed E-state index contributed by atoms with van der Waals surface area (Å²) < 4.78 is 6.67. The quantitative estimate of drug-likeness (QED) is 0.614. The molecule has 0 spiro atoms. The highest BCUT2D eigenvalue weighted by atomic mass is 16.5. The molecule has 0 saturated heterocycles. The van der Waals surface area contributed by atoms with Crippen molar-refractivity contribution < 1.29 is 9.53 Å². The van der Waals surface area contributed by atoms with Gasteiger partial charge in [0.05, 0.1) is 35.6 Å². The number of hydrogen-bond acceptors (Lipinski definition) is 5. The van der Waals surface area contributed by atoms with Gasteiger partial charge < -0.3 is 10.1 Å². The van der Waals surface area contributed by atoms with Crippen molar-refractivity contribution >= 4 is 5.91 Å². The number of rotatable bonds is 5. The van der Waals surface area contributed by atoms with Gasteiger partial charge in [0.2, 0.25) is 0 Å². The third-order valence-corrected chi connectivity index (χ3v) is 6.08. The normalized spacial score (nSPS) is 14.7. The number of hydrogen-bond donors (Lipinski definition) is 2. The zero-order valence-corrected chi connectivity index (χ0v) is 18.5. The first-order valence-electron chi connectivity index (χ1n) is 10.8. The fraction of sp³-hybridized carbons (Fsp3) is 0.154. The standard InChI is InChI=1S/C26H21N5O3/c1-34-20-9-6-17-7-10-23(21(17)12-20)30-25(32)19-8-11-24(28-14-19)31-26(33)22(15-29-31)18-4-2-16(13-27)3-5-18/h2-6,8-9,11,14-15,29H,7,10,12H2,1H3,(H,30,32). The van der Waals surface area contributed by atoms with E-state index in [1.54, 1.807) is 49.7 Å². The highest BCUT2D eigenvalue weighted by molar-refractivity contribution is 5.95. The molecule has 0 radical (unpaired) electrons. The van der Waals surface area contributed by atoms with Crippen LogP contribution in [-0.4, -0.2) is 27.8 Å². The Morgan fingerprint density at radius 3 is 2.71 bits per heavy atom. The van der Waals surface area contributed by atoms with Crippen molar-refractivity contribution in [2.24, 2.45) is 0 Å². The first kappa shape index (κ1) is 21.2. The number of ether oxygens (including phenoxy) is 1. The van der Waals surface area contributed by atoms with Gasteiger partial charge in [-0.15, -0.1) is 0 Å². The summed E-state index contributed by atoms with van der Waals surface area (Å²) in [5, 5.41) is 14.9. The summed E-state index contributed by atoms with van der Waals surface area (Å²) in [5.74, 6) is 1.00. The van der Waals surface area contributed by atoms with Gasteiger partial charge in [-0.1, -0.05) is 18.2 Å². The molecule has 34 heavy (non-hydrogen) atoms. The number of nitriles is 1. The summed E-state index contributed by atoms with van der Waals surface area (Å²) >= 11 is 0. The van der Waals surface area contributed by atoms with Crippen LogP contribution in [0.25, 0.3) is 16.9 Å². The Hall–Kier alpha value is -4.64. The van der Waals surface area contributed by atoms with Crippen molar-refractivity contribution in [3.8, 4) is 23.0 Å². The van der Waals surface area contributed by atoms with E-state index in [1.807, 2.05) is 12.2 Å². The molecule has 2 aliphatic rings. The Balaban J connectivity index is 1.34. The van der Waals surface area contributed by atoms with Crippen molar-refractivity contribution in [3.63, 3.8) is 0 Å². The van der Waals surface area contributed by atoms with Crippen molar-refractivity contribution in [2.45, 2.75) is 19.3 Å². The fourth-order valence-corrected chi connectivity index (χ4v) is 4.20. The summed E-state index contributed by atoms with van der Waals surface area (Å²) in [7, 11) is 1.65. The van der Waals surface area contributed by atoms with Crippen LogP contribution in [0.5, 0.6) is 0 Å². The van der Waals surface area contributed by atoms with Crippen LogP contribution < -0.4 is 10.9 Å². The lowest BCUT2D eigenvalue weighted by Crippen LogP contribution is -2.23. The number of methoxy groups -OCH3 is 1. The van der Waals surface area contributed by atoms with Gasteiger partial charge in [0.1, 0.15) is 0 Å². The molecule has 2 aliphatic carbocycles. The number of carbonyl (C=O) groups is 1. The Kier molecular flexibility index (Phi) is 5.44. The van der Waals surface area contributed by atoms with E-state index in [9.17, 15) is 9.59 Å². The zero-order valence-electron chi connectivity index (χ0n) is 18.5. The number of benzene rings is 1. The topological polar surface area (TPSA) is 113 Å². The molecule has 168 valence electrons. The van der Waals surface area contributed by atoms with Gasteiger partial charge in [0.25, 0.3) is 11.5 Å². The van der Waals surface area contributed by atoms with E-state index in [2.05, 4.69) is 21.5 Å². The maximum absolute atomic E-state index is 12.9. The second-order valence-corrected chi connectivity index (χ2v) is 8.04. The molecule has 5 rings (SSSR count). The maximum Gasteiger partial charge on any atom is 0.280 e. The smallest absolute Gasteiger partial charge is 0.280 e. The molecule has 8 nitrogen and oxygen atoms in total. The van der Waals surface area contributed by atoms with Crippen molar-refractivity contribution in [3.05, 3.63) is 105 Å². The number of pyridine rings is 1. The molecule has 0 aliphatic heterocycles. The monoisotopic (exact) mass is 451 g/mol. The number of fused-ring (bicyclic) bond motifs is 1. The van der Waals surface area contributed by atoms with Crippen LogP contribution in [0.2, 0.25) is 0 Å². The number of carbonyl (C=O) groups excluding carboxylic acids is 1. The largest absolute Gasteiger partial charge is 0.501 e. The first-order valence-corrected chi connectivity index (χ1v) is 10.8. The molecule has 2 aromatic heterocycles. The summed E-state index contributed by atoms with van der Waals surface area (Å²) in [6, 6.07) is 12.1. The lowest BCUT2D eigenvalue weighted by molar-refractivity contribution is 0.0964. The van der Waals surface area contributed by atoms with E-state index in [4.69, 9.17) is 10.00 Å². The molecule has 2 heterocycles. The zero-order chi connectivity index (χ0) is 23.7. The predicted molar refractivity (Wildman–Crippen MR) is 126 cm³/mol. The van der Waals surface area contributed by atoms with Gasteiger partial charge in [-0.25, -0.2) is 9.67 Å². The van der Waals surface area contributed by atoms with Gasteiger partial charge >= 0.3 is 0 Å². The van der Waals surface area contributed by atoms with Crippen molar-refractivity contribution in [1.82, 2.24) is 20.1 Å². The van der Waals surface area contributed by atoms with Crippen molar-refractivity contribution in [2.75, 3.05) is 7.11 Å². The number of H-pyrrole nitrogens is 1. The first-order chi connectivity index (χ1) is 16.6. The van der Waals surface area contributed by atoms with Gasteiger partial charge in [-0.2, -0.15) is 5.26 Å². The molecule has 0 fully saturated rings. The van der Waals surface area contributed by atoms with Gasteiger partial charge in [0, 0.05) is 24.5 Å². The molecule has 1 amide bonds. The average Bonchev–Trinajstić information content (AvgIpc) is 3.47. The number of nitrogens with zero attached hydrogens (tertiary/aromatic N) is 3. The second kappa shape index (κ2) is 8.71. The van der Waals surface area contributed by atoms with Crippen LogP contribution >= 0.6 is 0 Å². The minimum atomic E-state index is -0.272. The number of nitrogens with one attached hydrogen (secondary N) is 2. The third-order valence-electron chi connectivity index (χ3n) is 6.08. The minimum absolute atomic E-state index is 0.242.